The minimum Gasteiger partial charge on any atom is -0.497 e. The molecule has 3 atom stereocenters. The Morgan fingerprint density at radius 2 is 2.03 bits per heavy atom. The molecule has 3 aromatic rings. The Hall–Kier alpha value is -3.39. The molecule has 0 aliphatic carbocycles. The molecule has 0 radical (unpaired) electrons. The van der Waals surface area contributed by atoms with Crippen LogP contribution in [0.3, 0.4) is 0 Å². The Kier molecular flexibility index (Phi) is 4.48. The highest BCUT2D eigenvalue weighted by atomic mass is 32.1. The molecule has 2 aliphatic heterocycles. The van der Waals surface area contributed by atoms with Crippen LogP contribution in [0.15, 0.2) is 58.3 Å². The van der Waals surface area contributed by atoms with Gasteiger partial charge < -0.3 is 14.2 Å². The van der Waals surface area contributed by atoms with Gasteiger partial charge in [0.2, 0.25) is 5.72 Å². The van der Waals surface area contributed by atoms with Crippen molar-refractivity contribution in [3.63, 3.8) is 0 Å². The molecule has 0 N–H and O–H groups in total. The Balaban J connectivity index is 1.77. The number of carbonyl (C=O) groups excluding carboxylic acids is 1. The number of aromatic nitrogens is 1. The first-order valence-corrected chi connectivity index (χ1v) is 10.6. The van der Waals surface area contributed by atoms with Crippen molar-refractivity contribution in [2.75, 3.05) is 14.2 Å². The molecule has 31 heavy (non-hydrogen) atoms. The number of fused-ring (bicyclic) bond motifs is 6. The topological polar surface area (TPSA) is 79.1 Å². The van der Waals surface area contributed by atoms with Gasteiger partial charge in [-0.3, -0.25) is 14.2 Å². The van der Waals surface area contributed by atoms with E-state index in [0.717, 1.165) is 11.1 Å². The van der Waals surface area contributed by atoms with Crippen LogP contribution in [-0.4, -0.2) is 30.5 Å². The summed E-state index contributed by atoms with van der Waals surface area (Å²) in [5, 5.41) is 0. The number of esters is 1. The van der Waals surface area contributed by atoms with E-state index in [1.807, 2.05) is 54.6 Å². The summed E-state index contributed by atoms with van der Waals surface area (Å²) in [6.45, 7) is 1.76. The van der Waals surface area contributed by atoms with Crippen LogP contribution >= 0.6 is 11.3 Å². The van der Waals surface area contributed by atoms with E-state index >= 15 is 0 Å². The molecule has 8 heteroatoms. The number of hydrogen-bond donors (Lipinski definition) is 0. The van der Waals surface area contributed by atoms with Crippen LogP contribution in [-0.2, 0) is 9.53 Å². The van der Waals surface area contributed by atoms with Crippen LogP contribution in [0.5, 0.6) is 11.5 Å². The number of hydrogen-bond acceptors (Lipinski definition) is 7. The van der Waals surface area contributed by atoms with Crippen LogP contribution in [0.25, 0.3) is 6.08 Å². The molecule has 5 rings (SSSR count). The average molecular weight is 436 g/mol. The first-order chi connectivity index (χ1) is 14.9. The largest absolute Gasteiger partial charge is 0.497 e. The lowest BCUT2D eigenvalue weighted by molar-refractivity contribution is -0.158. The molecule has 1 aromatic heterocycles. The molecule has 158 valence electrons. The number of rotatable bonds is 3. The highest BCUT2D eigenvalue weighted by molar-refractivity contribution is 7.07. The van der Waals surface area contributed by atoms with Gasteiger partial charge in [0.05, 0.1) is 24.8 Å². The van der Waals surface area contributed by atoms with Gasteiger partial charge in [-0.25, -0.2) is 4.99 Å². The monoisotopic (exact) mass is 436 g/mol. The van der Waals surface area contributed by atoms with Crippen molar-refractivity contribution in [1.82, 2.24) is 4.57 Å². The predicted molar refractivity (Wildman–Crippen MR) is 115 cm³/mol. The fraction of sp³-hybridized carbons (Fsp3) is 0.261. The Morgan fingerprint density at radius 3 is 2.81 bits per heavy atom. The Morgan fingerprint density at radius 1 is 1.23 bits per heavy atom. The smallest absolute Gasteiger partial charge is 0.317 e. The lowest BCUT2D eigenvalue weighted by Gasteiger charge is -2.44. The summed E-state index contributed by atoms with van der Waals surface area (Å²) in [5.41, 5.74) is 0.228. The average Bonchev–Trinajstić information content (AvgIpc) is 3.06. The molecule has 2 bridgehead atoms. The molecule has 0 saturated carbocycles. The maximum absolute atomic E-state index is 13.5. The number of para-hydroxylation sites is 1. The first kappa shape index (κ1) is 19.6. The number of thiazole rings is 1. The second-order valence-corrected chi connectivity index (χ2v) is 8.61. The van der Waals surface area contributed by atoms with E-state index in [1.165, 1.54) is 18.4 Å². The van der Waals surface area contributed by atoms with E-state index in [9.17, 15) is 9.59 Å². The van der Waals surface area contributed by atoms with Crippen molar-refractivity contribution >= 4 is 23.4 Å². The van der Waals surface area contributed by atoms with Gasteiger partial charge >= 0.3 is 5.97 Å². The third-order valence-electron chi connectivity index (χ3n) is 5.73. The van der Waals surface area contributed by atoms with Gasteiger partial charge in [0, 0.05) is 5.56 Å². The Bertz CT molecular complexity index is 1380. The van der Waals surface area contributed by atoms with Crippen LogP contribution in [0, 0.1) is 5.92 Å². The molecule has 0 spiro atoms. The maximum Gasteiger partial charge on any atom is 0.317 e. The van der Waals surface area contributed by atoms with E-state index in [4.69, 9.17) is 19.2 Å². The molecule has 7 nitrogen and oxygen atoms in total. The normalized spacial score (nSPS) is 23.8. The quantitative estimate of drug-likeness (QED) is 0.586. The molecule has 0 fully saturated rings. The van der Waals surface area contributed by atoms with Crippen molar-refractivity contribution in [2.24, 2.45) is 10.9 Å². The molecule has 0 amide bonds. The molecule has 3 heterocycles. The minimum absolute atomic E-state index is 0.204. The standard InChI is InChI=1S/C23H20N2O5S/c1-23-18(21(27)29-3)19(15-9-4-5-10-16(15)30-23)25-20(26)17(31-22(25)24-23)12-13-7-6-8-14(11-13)28-2/h4-12,18-19H,1-3H3/b17-12+/t18-,19+,23-/m0/s1. The van der Waals surface area contributed by atoms with Gasteiger partial charge in [0.25, 0.3) is 5.56 Å². The summed E-state index contributed by atoms with van der Waals surface area (Å²) < 4.78 is 18.6. The van der Waals surface area contributed by atoms with Gasteiger partial charge in [0.1, 0.15) is 17.4 Å². The predicted octanol–water partition coefficient (Wildman–Crippen LogP) is 1.87. The SMILES string of the molecule is COC(=O)[C@@H]1[C@H]2c3ccccc3O[C@]1(C)N=c1s/c(=C/c3cccc(OC)c3)c(=O)n12. The number of ether oxygens (including phenoxy) is 3. The highest BCUT2D eigenvalue weighted by Crippen LogP contribution is 2.47. The highest BCUT2D eigenvalue weighted by Gasteiger charge is 2.55. The fourth-order valence-electron chi connectivity index (χ4n) is 4.31. The summed E-state index contributed by atoms with van der Waals surface area (Å²) in [6.07, 6.45) is 1.81. The van der Waals surface area contributed by atoms with Gasteiger partial charge in [-0.05, 0) is 36.8 Å². The van der Waals surface area contributed by atoms with Crippen LogP contribution in [0.1, 0.15) is 24.1 Å². The van der Waals surface area contributed by atoms with E-state index in [-0.39, 0.29) is 5.56 Å². The summed E-state index contributed by atoms with van der Waals surface area (Å²) in [4.78, 5) is 31.5. The molecule has 0 saturated heterocycles. The number of methoxy groups -OCH3 is 2. The van der Waals surface area contributed by atoms with Crippen LogP contribution in [0.4, 0.5) is 0 Å². The molecule has 2 aromatic carbocycles. The second-order valence-electron chi connectivity index (χ2n) is 7.60. The van der Waals surface area contributed by atoms with Gasteiger partial charge in [-0.1, -0.05) is 41.7 Å². The van der Waals surface area contributed by atoms with Gasteiger partial charge in [-0.2, -0.15) is 0 Å². The Labute approximate surface area is 181 Å². The fourth-order valence-corrected chi connectivity index (χ4v) is 5.41. The molecular formula is C23H20N2O5S. The third-order valence-corrected chi connectivity index (χ3v) is 6.71. The van der Waals surface area contributed by atoms with E-state index < -0.39 is 23.7 Å². The molecular weight excluding hydrogens is 416 g/mol. The number of nitrogens with zero attached hydrogens (tertiary/aromatic N) is 2. The maximum atomic E-state index is 13.5. The van der Waals surface area contributed by atoms with E-state index in [2.05, 4.69) is 0 Å². The first-order valence-electron chi connectivity index (χ1n) is 9.78. The lowest BCUT2D eigenvalue weighted by Crippen LogP contribution is -2.58. The third kappa shape index (κ3) is 2.97. The zero-order chi connectivity index (χ0) is 21.8. The van der Waals surface area contributed by atoms with Crippen LogP contribution in [0.2, 0.25) is 0 Å². The zero-order valence-corrected chi connectivity index (χ0v) is 18.0. The van der Waals surface area contributed by atoms with Crippen LogP contribution < -0.4 is 24.4 Å². The summed E-state index contributed by atoms with van der Waals surface area (Å²) >= 11 is 1.28. The van der Waals surface area contributed by atoms with E-state index in [1.54, 1.807) is 18.6 Å². The van der Waals surface area contributed by atoms with E-state index in [0.29, 0.717) is 20.8 Å². The van der Waals surface area contributed by atoms with Crippen molar-refractivity contribution in [3.8, 4) is 11.5 Å². The van der Waals surface area contributed by atoms with Crippen molar-refractivity contribution in [1.29, 1.82) is 0 Å². The summed E-state index contributed by atoms with van der Waals surface area (Å²) in [7, 11) is 2.93. The van der Waals surface area contributed by atoms with Gasteiger partial charge in [0.15, 0.2) is 4.80 Å². The minimum atomic E-state index is -1.17. The zero-order valence-electron chi connectivity index (χ0n) is 17.2. The number of benzene rings is 2. The van der Waals surface area contributed by atoms with Crippen molar-refractivity contribution < 1.29 is 19.0 Å². The lowest BCUT2D eigenvalue weighted by atomic mass is 9.81. The summed E-state index contributed by atoms with van der Waals surface area (Å²) in [6, 6.07) is 14.3. The summed E-state index contributed by atoms with van der Waals surface area (Å²) in [5.74, 6) is 0.0713. The van der Waals surface area contributed by atoms with Crippen molar-refractivity contribution in [2.45, 2.75) is 18.7 Å². The number of carbonyl (C=O) groups is 1. The molecule has 0 unspecified atom stereocenters. The molecule has 2 aliphatic rings. The van der Waals surface area contributed by atoms with Gasteiger partial charge in [-0.15, -0.1) is 0 Å². The second kappa shape index (κ2) is 7.09. The van der Waals surface area contributed by atoms with Crippen molar-refractivity contribution in [3.05, 3.63) is 79.3 Å².